The molecule has 1 aromatic rings. The summed E-state index contributed by atoms with van der Waals surface area (Å²) in [4.78, 5) is 0. The molecule has 0 aromatic heterocycles. The van der Waals surface area contributed by atoms with Crippen LogP contribution in [-0.4, -0.2) is 11.8 Å². The van der Waals surface area contributed by atoms with Crippen LogP contribution in [0.2, 0.25) is 10.0 Å². The van der Waals surface area contributed by atoms with E-state index in [1.165, 1.54) is 0 Å². The fraction of sp³-hybridized carbons (Fsp3) is 0.400. The van der Waals surface area contributed by atoms with Gasteiger partial charge in [-0.2, -0.15) is 0 Å². The Morgan fingerprint density at radius 2 is 2.21 bits per heavy atom. The fourth-order valence-corrected chi connectivity index (χ4v) is 3.28. The van der Waals surface area contributed by atoms with Crippen molar-refractivity contribution in [3.8, 4) is 0 Å². The molecule has 1 fully saturated rings. The Morgan fingerprint density at radius 1 is 1.43 bits per heavy atom. The van der Waals surface area contributed by atoms with Crippen LogP contribution in [0.25, 0.3) is 0 Å². The van der Waals surface area contributed by atoms with Crippen molar-refractivity contribution in [1.29, 1.82) is 0 Å². The Morgan fingerprint density at radius 3 is 2.79 bits per heavy atom. The first-order valence-electron chi connectivity index (χ1n) is 4.50. The SMILES string of the molecule is CC1CNC(c2ccc(Cl)cc2Cl)S1. The Labute approximate surface area is 98.2 Å². The van der Waals surface area contributed by atoms with Crippen LogP contribution in [0.4, 0.5) is 0 Å². The van der Waals surface area contributed by atoms with Crippen molar-refractivity contribution in [2.45, 2.75) is 17.5 Å². The van der Waals surface area contributed by atoms with Gasteiger partial charge in [-0.25, -0.2) is 0 Å². The summed E-state index contributed by atoms with van der Waals surface area (Å²) in [6.07, 6.45) is 0. The Balaban J connectivity index is 2.24. The topological polar surface area (TPSA) is 12.0 Å². The van der Waals surface area contributed by atoms with Crippen LogP contribution in [0.15, 0.2) is 18.2 Å². The molecular formula is C10H11Cl2NS. The largest absolute Gasteiger partial charge is 0.300 e. The van der Waals surface area contributed by atoms with Gasteiger partial charge < -0.3 is 5.32 Å². The summed E-state index contributed by atoms with van der Waals surface area (Å²) >= 11 is 13.9. The fourth-order valence-electron chi connectivity index (χ4n) is 1.50. The van der Waals surface area contributed by atoms with Crippen LogP contribution >= 0.6 is 35.0 Å². The number of benzene rings is 1. The Bertz CT molecular complexity index is 343. The van der Waals surface area contributed by atoms with Gasteiger partial charge in [0.2, 0.25) is 0 Å². The molecule has 1 aromatic carbocycles. The van der Waals surface area contributed by atoms with Gasteiger partial charge in [0.1, 0.15) is 0 Å². The van der Waals surface area contributed by atoms with Crippen LogP contribution in [0.5, 0.6) is 0 Å². The zero-order chi connectivity index (χ0) is 10.1. The van der Waals surface area contributed by atoms with Gasteiger partial charge in [-0.1, -0.05) is 36.2 Å². The summed E-state index contributed by atoms with van der Waals surface area (Å²) in [5.41, 5.74) is 1.13. The zero-order valence-corrected chi connectivity index (χ0v) is 10.1. The quantitative estimate of drug-likeness (QED) is 0.812. The van der Waals surface area contributed by atoms with Crippen molar-refractivity contribution < 1.29 is 0 Å². The molecule has 76 valence electrons. The van der Waals surface area contributed by atoms with Gasteiger partial charge in [-0.3, -0.25) is 0 Å². The van der Waals surface area contributed by atoms with Gasteiger partial charge in [-0.05, 0) is 17.7 Å². The highest BCUT2D eigenvalue weighted by molar-refractivity contribution is 8.00. The molecule has 4 heteroatoms. The second-order valence-electron chi connectivity index (χ2n) is 3.40. The van der Waals surface area contributed by atoms with Crippen molar-refractivity contribution in [3.63, 3.8) is 0 Å². The van der Waals surface area contributed by atoms with E-state index in [1.54, 1.807) is 6.07 Å². The maximum Gasteiger partial charge on any atom is 0.0807 e. The highest BCUT2D eigenvalue weighted by Gasteiger charge is 2.24. The molecule has 0 saturated carbocycles. The highest BCUT2D eigenvalue weighted by atomic mass is 35.5. The first-order valence-corrected chi connectivity index (χ1v) is 6.20. The first kappa shape index (κ1) is 10.6. The standard InChI is InChI=1S/C10H11Cl2NS/c1-6-5-13-10(14-6)8-3-2-7(11)4-9(8)12/h2-4,6,10,13H,5H2,1H3. The van der Waals surface area contributed by atoms with Crippen molar-refractivity contribution >= 4 is 35.0 Å². The third-order valence-electron chi connectivity index (χ3n) is 2.20. The van der Waals surface area contributed by atoms with Crippen LogP contribution in [-0.2, 0) is 0 Å². The van der Waals surface area contributed by atoms with Crippen LogP contribution in [0, 0.1) is 0 Å². The molecule has 1 aliphatic heterocycles. The highest BCUT2D eigenvalue weighted by Crippen LogP contribution is 2.38. The lowest BCUT2D eigenvalue weighted by molar-refractivity contribution is 0.718. The number of halogens is 2. The summed E-state index contributed by atoms with van der Waals surface area (Å²) in [5.74, 6) is 0. The summed E-state index contributed by atoms with van der Waals surface area (Å²) in [6, 6.07) is 5.67. The van der Waals surface area contributed by atoms with Gasteiger partial charge in [-0.15, -0.1) is 11.8 Å². The monoisotopic (exact) mass is 247 g/mol. The van der Waals surface area contributed by atoms with E-state index in [2.05, 4.69) is 12.2 Å². The third kappa shape index (κ3) is 2.19. The molecule has 0 amide bonds. The lowest BCUT2D eigenvalue weighted by atomic mass is 10.2. The van der Waals surface area contributed by atoms with Crippen molar-refractivity contribution in [2.75, 3.05) is 6.54 Å². The van der Waals surface area contributed by atoms with Gasteiger partial charge in [0.15, 0.2) is 0 Å². The summed E-state index contributed by atoms with van der Waals surface area (Å²) in [7, 11) is 0. The van der Waals surface area contributed by atoms with E-state index < -0.39 is 0 Å². The van der Waals surface area contributed by atoms with E-state index in [1.807, 2.05) is 23.9 Å². The predicted octanol–water partition coefficient (Wildman–Crippen LogP) is 3.72. The summed E-state index contributed by atoms with van der Waals surface area (Å²) in [5, 5.41) is 5.81. The van der Waals surface area contributed by atoms with Crippen molar-refractivity contribution in [3.05, 3.63) is 33.8 Å². The number of rotatable bonds is 1. The number of hydrogen-bond donors (Lipinski definition) is 1. The van der Waals surface area contributed by atoms with E-state index in [4.69, 9.17) is 23.2 Å². The molecule has 1 aliphatic rings. The molecule has 1 N–H and O–H groups in total. The second-order valence-corrected chi connectivity index (χ2v) is 5.79. The van der Waals surface area contributed by atoms with Crippen LogP contribution < -0.4 is 5.32 Å². The second kappa shape index (κ2) is 4.31. The van der Waals surface area contributed by atoms with E-state index in [0.29, 0.717) is 15.6 Å². The molecule has 0 spiro atoms. The summed E-state index contributed by atoms with van der Waals surface area (Å²) < 4.78 is 0. The van der Waals surface area contributed by atoms with E-state index in [-0.39, 0.29) is 0 Å². The van der Waals surface area contributed by atoms with E-state index >= 15 is 0 Å². The average Bonchev–Trinajstić information content (AvgIpc) is 2.51. The molecule has 2 rings (SSSR count). The molecular weight excluding hydrogens is 237 g/mol. The first-order chi connectivity index (χ1) is 6.66. The number of hydrogen-bond acceptors (Lipinski definition) is 2. The molecule has 0 aliphatic carbocycles. The molecule has 14 heavy (non-hydrogen) atoms. The van der Waals surface area contributed by atoms with Gasteiger partial charge in [0.25, 0.3) is 0 Å². The number of thioether (sulfide) groups is 1. The molecule has 1 heterocycles. The molecule has 2 atom stereocenters. The molecule has 1 nitrogen and oxygen atoms in total. The van der Waals surface area contributed by atoms with E-state index in [9.17, 15) is 0 Å². The van der Waals surface area contributed by atoms with Crippen molar-refractivity contribution in [2.24, 2.45) is 0 Å². The van der Waals surface area contributed by atoms with Gasteiger partial charge in [0.05, 0.1) is 5.37 Å². The zero-order valence-electron chi connectivity index (χ0n) is 7.76. The average molecular weight is 248 g/mol. The molecule has 0 bridgehead atoms. The van der Waals surface area contributed by atoms with Crippen LogP contribution in [0.3, 0.4) is 0 Å². The minimum Gasteiger partial charge on any atom is -0.300 e. The minimum absolute atomic E-state index is 0.315. The summed E-state index contributed by atoms with van der Waals surface area (Å²) in [6.45, 7) is 3.25. The smallest absolute Gasteiger partial charge is 0.0807 e. The lowest BCUT2D eigenvalue weighted by Crippen LogP contribution is -2.14. The predicted molar refractivity (Wildman–Crippen MR) is 64.3 cm³/mol. The Hall–Kier alpha value is 0.110. The molecule has 2 unspecified atom stereocenters. The molecule has 1 saturated heterocycles. The lowest BCUT2D eigenvalue weighted by Gasteiger charge is -2.12. The number of nitrogens with one attached hydrogen (secondary N) is 1. The third-order valence-corrected chi connectivity index (χ3v) is 4.09. The van der Waals surface area contributed by atoms with E-state index in [0.717, 1.165) is 17.1 Å². The Kier molecular flexibility index (Phi) is 3.27. The van der Waals surface area contributed by atoms with Crippen molar-refractivity contribution in [1.82, 2.24) is 5.32 Å². The maximum absolute atomic E-state index is 6.12. The normalized spacial score (nSPS) is 26.8. The van der Waals surface area contributed by atoms with Crippen LogP contribution in [0.1, 0.15) is 17.9 Å². The minimum atomic E-state index is 0.315. The van der Waals surface area contributed by atoms with Gasteiger partial charge >= 0.3 is 0 Å². The van der Waals surface area contributed by atoms with Gasteiger partial charge in [0, 0.05) is 21.8 Å². The maximum atomic E-state index is 6.12. The molecule has 0 radical (unpaired) electrons.